The maximum Gasteiger partial charge on any atom is 0.260 e. The van der Waals surface area contributed by atoms with E-state index in [9.17, 15) is 0 Å². The third kappa shape index (κ3) is 2.49. The molecule has 2 N–H and O–H groups in total. The molecule has 0 aliphatic carbocycles. The van der Waals surface area contributed by atoms with Gasteiger partial charge in [-0.25, -0.2) is 4.98 Å². The molecule has 0 saturated carbocycles. The largest absolute Gasteiger partial charge is 0.415 e. The Labute approximate surface area is 149 Å². The number of rotatable bonds is 2. The van der Waals surface area contributed by atoms with Gasteiger partial charge in [0.05, 0.1) is 5.69 Å². The van der Waals surface area contributed by atoms with Gasteiger partial charge >= 0.3 is 0 Å². The maximum absolute atomic E-state index is 6.41. The summed E-state index contributed by atoms with van der Waals surface area (Å²) in [7, 11) is 0. The molecule has 3 aromatic heterocycles. The van der Waals surface area contributed by atoms with Gasteiger partial charge in [-0.15, -0.1) is 21.5 Å². The molecule has 4 aromatic rings. The lowest BCUT2D eigenvalue weighted by Gasteiger charge is -2.05. The molecule has 4 rings (SSSR count). The molecule has 0 amide bonds. The fourth-order valence-corrected chi connectivity index (χ4v) is 4.06. The molecular weight excluding hydrogens is 332 g/mol. The van der Waals surface area contributed by atoms with Crippen molar-refractivity contribution in [2.75, 3.05) is 5.73 Å². The number of pyridine rings is 1. The number of nitrogens with zero attached hydrogens (tertiary/aromatic N) is 3. The molecule has 0 atom stereocenters. The molecular formula is C19H18N4OS. The van der Waals surface area contributed by atoms with Crippen molar-refractivity contribution in [1.82, 2.24) is 15.2 Å². The highest BCUT2D eigenvalue weighted by Gasteiger charge is 2.21. The summed E-state index contributed by atoms with van der Waals surface area (Å²) in [6.45, 7) is 8.19. The Morgan fingerprint density at radius 2 is 1.76 bits per heavy atom. The second kappa shape index (κ2) is 5.67. The van der Waals surface area contributed by atoms with Crippen LogP contribution in [0.4, 0.5) is 5.69 Å². The van der Waals surface area contributed by atoms with Crippen LogP contribution in [0, 0.1) is 27.7 Å². The van der Waals surface area contributed by atoms with Crippen LogP contribution in [0.25, 0.3) is 32.4 Å². The minimum absolute atomic E-state index is 0.437. The summed E-state index contributed by atoms with van der Waals surface area (Å²) in [5.41, 5.74) is 12.4. The Kier molecular flexibility index (Phi) is 3.58. The van der Waals surface area contributed by atoms with Crippen LogP contribution in [-0.2, 0) is 0 Å². The van der Waals surface area contributed by atoms with Gasteiger partial charge < -0.3 is 10.2 Å². The number of nitrogen functional groups attached to an aromatic ring is 1. The fraction of sp³-hybridized carbons (Fsp3) is 0.211. The summed E-state index contributed by atoms with van der Waals surface area (Å²) >= 11 is 1.49. The summed E-state index contributed by atoms with van der Waals surface area (Å²) in [4.78, 5) is 6.35. The molecule has 25 heavy (non-hydrogen) atoms. The van der Waals surface area contributed by atoms with Gasteiger partial charge in [0.1, 0.15) is 9.71 Å². The van der Waals surface area contributed by atoms with E-state index in [1.54, 1.807) is 0 Å². The average molecular weight is 350 g/mol. The lowest BCUT2D eigenvalue weighted by molar-refractivity contribution is 0.586. The number of nitrogens with two attached hydrogens (primary N) is 1. The predicted molar refractivity (Wildman–Crippen MR) is 102 cm³/mol. The number of thiophene rings is 1. The first kappa shape index (κ1) is 15.8. The van der Waals surface area contributed by atoms with E-state index in [-0.39, 0.29) is 0 Å². The van der Waals surface area contributed by atoms with Crippen LogP contribution in [-0.4, -0.2) is 15.2 Å². The van der Waals surface area contributed by atoms with Gasteiger partial charge in [-0.3, -0.25) is 0 Å². The van der Waals surface area contributed by atoms with Gasteiger partial charge in [0, 0.05) is 16.6 Å². The Hall–Kier alpha value is -2.73. The zero-order chi connectivity index (χ0) is 17.7. The molecule has 3 heterocycles. The summed E-state index contributed by atoms with van der Waals surface area (Å²) in [6.07, 6.45) is 0. The van der Waals surface area contributed by atoms with Crippen molar-refractivity contribution in [1.29, 1.82) is 0 Å². The second-order valence-corrected chi connectivity index (χ2v) is 7.25. The van der Waals surface area contributed by atoms with Gasteiger partial charge in [0.25, 0.3) is 5.89 Å². The van der Waals surface area contributed by atoms with Crippen LogP contribution in [0.1, 0.15) is 22.4 Å². The van der Waals surface area contributed by atoms with Crippen LogP contribution >= 0.6 is 11.3 Å². The van der Waals surface area contributed by atoms with Crippen molar-refractivity contribution < 1.29 is 4.42 Å². The van der Waals surface area contributed by atoms with Crippen molar-refractivity contribution in [3.63, 3.8) is 0 Å². The van der Waals surface area contributed by atoms with Gasteiger partial charge in [-0.1, -0.05) is 17.7 Å². The zero-order valence-electron chi connectivity index (χ0n) is 14.5. The van der Waals surface area contributed by atoms with Crippen LogP contribution in [0.3, 0.4) is 0 Å². The smallest absolute Gasteiger partial charge is 0.260 e. The predicted octanol–water partition coefficient (Wildman–Crippen LogP) is 4.83. The molecule has 0 aliphatic rings. The Balaban J connectivity index is 1.86. The molecule has 0 fully saturated rings. The van der Waals surface area contributed by atoms with E-state index < -0.39 is 0 Å². The number of hydrogen-bond acceptors (Lipinski definition) is 6. The highest BCUT2D eigenvalue weighted by atomic mass is 32.1. The normalized spacial score (nSPS) is 11.4. The average Bonchev–Trinajstić information content (AvgIpc) is 3.18. The molecule has 5 nitrogen and oxygen atoms in total. The van der Waals surface area contributed by atoms with E-state index in [0.29, 0.717) is 17.5 Å². The molecule has 0 spiro atoms. The van der Waals surface area contributed by atoms with Crippen LogP contribution in [0.5, 0.6) is 0 Å². The number of aromatic nitrogens is 3. The highest BCUT2D eigenvalue weighted by Crippen LogP contribution is 2.42. The number of fused-ring (bicyclic) bond motifs is 1. The van der Waals surface area contributed by atoms with E-state index in [1.807, 2.05) is 38.1 Å². The van der Waals surface area contributed by atoms with Crippen molar-refractivity contribution in [2.45, 2.75) is 27.7 Å². The number of aryl methyl sites for hydroxylation is 3. The summed E-state index contributed by atoms with van der Waals surface area (Å²) in [5.74, 6) is 0.930. The van der Waals surface area contributed by atoms with E-state index in [2.05, 4.69) is 29.0 Å². The van der Waals surface area contributed by atoms with Gasteiger partial charge in [0.15, 0.2) is 0 Å². The van der Waals surface area contributed by atoms with Crippen molar-refractivity contribution in [3.8, 4) is 22.2 Å². The summed E-state index contributed by atoms with van der Waals surface area (Å²) in [5, 5.41) is 9.38. The monoisotopic (exact) mass is 350 g/mol. The maximum atomic E-state index is 6.41. The quantitative estimate of drug-likeness (QED) is 0.560. The first-order valence-electron chi connectivity index (χ1n) is 8.02. The molecule has 0 bridgehead atoms. The number of anilines is 1. The first-order valence-corrected chi connectivity index (χ1v) is 8.84. The van der Waals surface area contributed by atoms with Gasteiger partial charge in [-0.2, -0.15) is 0 Å². The van der Waals surface area contributed by atoms with Crippen LogP contribution in [0.2, 0.25) is 0 Å². The molecule has 1 aromatic carbocycles. The molecule has 0 unspecified atom stereocenters. The topological polar surface area (TPSA) is 77.8 Å². The van der Waals surface area contributed by atoms with E-state index in [4.69, 9.17) is 10.2 Å². The minimum Gasteiger partial charge on any atom is -0.415 e. The number of benzene rings is 1. The van der Waals surface area contributed by atoms with E-state index >= 15 is 0 Å². The third-order valence-electron chi connectivity index (χ3n) is 4.56. The minimum atomic E-state index is 0.437. The highest BCUT2D eigenvalue weighted by molar-refractivity contribution is 7.22. The van der Waals surface area contributed by atoms with Crippen LogP contribution < -0.4 is 5.73 Å². The Bertz CT molecular complexity index is 1110. The SMILES string of the molecule is Cc1cccc(-c2nnc(-c3sc4nc(C)c(C)c(C)c4c3N)o2)c1. The summed E-state index contributed by atoms with van der Waals surface area (Å²) in [6, 6.07) is 7.98. The van der Waals surface area contributed by atoms with E-state index in [0.717, 1.165) is 43.0 Å². The second-order valence-electron chi connectivity index (χ2n) is 6.25. The standard InChI is InChI=1S/C19H18N4OS/c1-9-6-5-7-13(8-9)17-22-23-18(24-17)16-15(20)14-11(3)10(2)12(4)21-19(14)25-16/h5-8H,20H2,1-4H3. The lowest BCUT2D eigenvalue weighted by atomic mass is 10.1. The summed E-state index contributed by atoms with van der Waals surface area (Å²) < 4.78 is 5.90. The van der Waals surface area contributed by atoms with Gasteiger partial charge in [0.2, 0.25) is 5.89 Å². The molecule has 126 valence electrons. The first-order chi connectivity index (χ1) is 12.0. The zero-order valence-corrected chi connectivity index (χ0v) is 15.4. The number of hydrogen-bond donors (Lipinski definition) is 1. The van der Waals surface area contributed by atoms with Gasteiger partial charge in [-0.05, 0) is 51.0 Å². The van der Waals surface area contributed by atoms with Crippen molar-refractivity contribution in [3.05, 3.63) is 46.6 Å². The van der Waals surface area contributed by atoms with Crippen molar-refractivity contribution in [2.24, 2.45) is 0 Å². The van der Waals surface area contributed by atoms with Crippen molar-refractivity contribution >= 4 is 27.2 Å². The molecule has 0 radical (unpaired) electrons. The molecule has 6 heteroatoms. The molecule has 0 aliphatic heterocycles. The Morgan fingerprint density at radius 1 is 1.00 bits per heavy atom. The molecule has 0 saturated heterocycles. The fourth-order valence-electron chi connectivity index (χ4n) is 2.94. The lowest BCUT2D eigenvalue weighted by Crippen LogP contribution is -1.93. The Morgan fingerprint density at radius 3 is 2.52 bits per heavy atom. The van der Waals surface area contributed by atoms with Crippen LogP contribution in [0.15, 0.2) is 28.7 Å². The third-order valence-corrected chi connectivity index (χ3v) is 5.65. The van der Waals surface area contributed by atoms with E-state index in [1.165, 1.54) is 11.3 Å².